The maximum absolute atomic E-state index is 12.8. The molecule has 3 rings (SSSR count). The van der Waals surface area contributed by atoms with Crippen LogP contribution in [0.4, 0.5) is 0 Å². The third-order valence-electron chi connectivity index (χ3n) is 6.05. The van der Waals surface area contributed by atoms with Gasteiger partial charge in [0.15, 0.2) is 0 Å². The summed E-state index contributed by atoms with van der Waals surface area (Å²) >= 11 is 0. The highest BCUT2D eigenvalue weighted by Crippen LogP contribution is 2.27. The van der Waals surface area contributed by atoms with Gasteiger partial charge in [0.05, 0.1) is 0 Å². The fraction of sp³-hybridized carbons (Fsp3) is 0.944. The second-order valence-corrected chi connectivity index (χ2v) is 7.66. The molecule has 0 aliphatic carbocycles. The Morgan fingerprint density at radius 1 is 1.04 bits per heavy atom. The molecular weight excluding hydrogens is 345 g/mol. The predicted molar refractivity (Wildman–Crippen MR) is 104 cm³/mol. The van der Waals surface area contributed by atoms with Crippen molar-refractivity contribution in [3.05, 3.63) is 0 Å². The molecule has 3 saturated heterocycles. The number of nitrogens with zero attached hydrogens (tertiary/aromatic N) is 2. The number of hydrogen-bond donors (Lipinski definition) is 1. The van der Waals surface area contributed by atoms with Crippen LogP contribution in [-0.2, 0) is 4.79 Å². The first kappa shape index (κ1) is 22.0. The van der Waals surface area contributed by atoms with Gasteiger partial charge in [-0.3, -0.25) is 4.79 Å². The van der Waals surface area contributed by atoms with Crippen LogP contribution in [0, 0.1) is 11.8 Å². The van der Waals surface area contributed by atoms with Crippen molar-refractivity contribution < 1.29 is 4.79 Å². The lowest BCUT2D eigenvalue weighted by molar-refractivity contribution is -0.133. The van der Waals surface area contributed by atoms with E-state index in [2.05, 4.69) is 22.0 Å². The van der Waals surface area contributed by atoms with Crippen molar-refractivity contribution in [2.75, 3.05) is 39.3 Å². The largest absolute Gasteiger partial charge is 0.338 e. The van der Waals surface area contributed by atoms with E-state index in [0.29, 0.717) is 17.9 Å². The zero-order valence-corrected chi connectivity index (χ0v) is 16.7. The van der Waals surface area contributed by atoms with E-state index in [1.54, 1.807) is 0 Å². The molecule has 1 N–H and O–H groups in total. The Morgan fingerprint density at radius 2 is 1.71 bits per heavy atom. The van der Waals surface area contributed by atoms with Crippen molar-refractivity contribution in [1.29, 1.82) is 0 Å². The number of halogens is 2. The molecule has 3 heterocycles. The molecule has 2 unspecified atom stereocenters. The maximum atomic E-state index is 12.8. The molecule has 0 aromatic rings. The molecule has 3 aliphatic rings. The molecule has 142 valence electrons. The molecule has 0 bridgehead atoms. The van der Waals surface area contributed by atoms with Gasteiger partial charge < -0.3 is 15.1 Å². The van der Waals surface area contributed by atoms with E-state index in [9.17, 15) is 4.79 Å². The highest BCUT2D eigenvalue weighted by Gasteiger charge is 2.32. The molecule has 1 amide bonds. The van der Waals surface area contributed by atoms with E-state index in [-0.39, 0.29) is 24.8 Å². The van der Waals surface area contributed by atoms with Crippen LogP contribution in [0.1, 0.15) is 51.9 Å². The minimum absolute atomic E-state index is 0. The molecule has 24 heavy (non-hydrogen) atoms. The number of likely N-dealkylation sites (tertiary alicyclic amines) is 2. The molecule has 0 radical (unpaired) electrons. The number of carbonyl (C=O) groups is 1. The summed E-state index contributed by atoms with van der Waals surface area (Å²) in [6, 6.07) is 0.492. The molecule has 4 nitrogen and oxygen atoms in total. The summed E-state index contributed by atoms with van der Waals surface area (Å²) in [6.07, 6.45) is 8.34. The molecule has 2 atom stereocenters. The van der Waals surface area contributed by atoms with Crippen LogP contribution in [-0.4, -0.2) is 61.0 Å². The normalized spacial score (nSPS) is 26.7. The lowest BCUT2D eigenvalue weighted by Crippen LogP contribution is -2.43. The topological polar surface area (TPSA) is 35.6 Å². The van der Waals surface area contributed by atoms with Gasteiger partial charge in [-0.2, -0.15) is 0 Å². The van der Waals surface area contributed by atoms with E-state index in [1.165, 1.54) is 51.6 Å². The lowest BCUT2D eigenvalue weighted by Gasteiger charge is -2.32. The van der Waals surface area contributed by atoms with E-state index in [0.717, 1.165) is 38.5 Å². The first-order valence-corrected chi connectivity index (χ1v) is 9.46. The summed E-state index contributed by atoms with van der Waals surface area (Å²) in [5.41, 5.74) is 0. The van der Waals surface area contributed by atoms with Gasteiger partial charge in [0.25, 0.3) is 0 Å². The number of hydrogen-bond acceptors (Lipinski definition) is 3. The lowest BCUT2D eigenvalue weighted by atomic mass is 9.84. The molecule has 0 aromatic heterocycles. The second-order valence-electron chi connectivity index (χ2n) is 7.66. The molecule has 3 aliphatic heterocycles. The molecule has 0 saturated carbocycles. The number of carbonyl (C=O) groups excluding carboxylic acids is 1. The van der Waals surface area contributed by atoms with E-state index >= 15 is 0 Å². The van der Waals surface area contributed by atoms with Crippen molar-refractivity contribution in [3.63, 3.8) is 0 Å². The third kappa shape index (κ3) is 5.76. The Morgan fingerprint density at radius 3 is 2.38 bits per heavy atom. The van der Waals surface area contributed by atoms with Gasteiger partial charge >= 0.3 is 0 Å². The van der Waals surface area contributed by atoms with Crippen LogP contribution >= 0.6 is 24.8 Å². The van der Waals surface area contributed by atoms with Crippen LogP contribution in [0.5, 0.6) is 0 Å². The minimum atomic E-state index is 0. The van der Waals surface area contributed by atoms with Gasteiger partial charge in [-0.05, 0) is 76.5 Å². The van der Waals surface area contributed by atoms with Crippen LogP contribution in [0.3, 0.4) is 0 Å². The SMILES string of the molecule is CC(CC(=O)N1CCCC1CN1CCCC1)C1CCNCC1.Cl.Cl. The van der Waals surface area contributed by atoms with Gasteiger partial charge in [0.2, 0.25) is 5.91 Å². The van der Waals surface area contributed by atoms with Crippen molar-refractivity contribution in [3.8, 4) is 0 Å². The van der Waals surface area contributed by atoms with Gasteiger partial charge in [0.1, 0.15) is 0 Å². The Balaban J connectivity index is 0.00000144. The van der Waals surface area contributed by atoms with Gasteiger partial charge in [0, 0.05) is 25.6 Å². The number of amides is 1. The van der Waals surface area contributed by atoms with Crippen LogP contribution in [0.2, 0.25) is 0 Å². The monoisotopic (exact) mass is 379 g/mol. The van der Waals surface area contributed by atoms with Crippen molar-refractivity contribution in [2.24, 2.45) is 11.8 Å². The Bertz CT molecular complexity index is 371. The summed E-state index contributed by atoms with van der Waals surface area (Å²) in [5, 5.41) is 3.42. The van der Waals surface area contributed by atoms with Crippen molar-refractivity contribution >= 4 is 30.7 Å². The minimum Gasteiger partial charge on any atom is -0.338 e. The highest BCUT2D eigenvalue weighted by atomic mass is 35.5. The smallest absolute Gasteiger partial charge is 0.223 e. The van der Waals surface area contributed by atoms with Gasteiger partial charge in [-0.25, -0.2) is 0 Å². The molecule has 0 aromatic carbocycles. The van der Waals surface area contributed by atoms with E-state index in [4.69, 9.17) is 0 Å². The summed E-state index contributed by atoms with van der Waals surface area (Å²) in [4.78, 5) is 17.6. The zero-order chi connectivity index (χ0) is 15.4. The average molecular weight is 380 g/mol. The Hall–Kier alpha value is -0.0300. The molecular formula is C18H35Cl2N3O. The Kier molecular flexibility index (Phi) is 9.95. The number of piperidine rings is 1. The van der Waals surface area contributed by atoms with Gasteiger partial charge in [-0.15, -0.1) is 24.8 Å². The molecule has 3 fully saturated rings. The van der Waals surface area contributed by atoms with Crippen molar-refractivity contribution in [1.82, 2.24) is 15.1 Å². The zero-order valence-electron chi connectivity index (χ0n) is 15.0. The van der Waals surface area contributed by atoms with Crippen molar-refractivity contribution in [2.45, 2.75) is 57.9 Å². The van der Waals surface area contributed by atoms with Crippen LogP contribution in [0.15, 0.2) is 0 Å². The van der Waals surface area contributed by atoms with E-state index < -0.39 is 0 Å². The number of rotatable bonds is 5. The summed E-state index contributed by atoms with van der Waals surface area (Å²) < 4.78 is 0. The Labute approximate surface area is 159 Å². The average Bonchev–Trinajstić information content (AvgIpc) is 3.20. The standard InChI is InChI=1S/C18H33N3O.2ClH/c1-15(16-6-8-19-9-7-16)13-18(22)21-12-4-5-17(21)14-20-10-2-3-11-20;;/h15-17,19H,2-14H2,1H3;2*1H. The van der Waals surface area contributed by atoms with Crippen LogP contribution in [0.25, 0.3) is 0 Å². The molecule has 0 spiro atoms. The first-order valence-electron chi connectivity index (χ1n) is 9.46. The maximum Gasteiger partial charge on any atom is 0.223 e. The predicted octanol–water partition coefficient (Wildman–Crippen LogP) is 2.94. The summed E-state index contributed by atoms with van der Waals surface area (Å²) in [5.74, 6) is 1.71. The van der Waals surface area contributed by atoms with Gasteiger partial charge in [-0.1, -0.05) is 6.92 Å². The molecule has 6 heteroatoms. The fourth-order valence-electron chi connectivity index (χ4n) is 4.59. The summed E-state index contributed by atoms with van der Waals surface area (Å²) in [6.45, 7) is 9.15. The van der Waals surface area contributed by atoms with Crippen LogP contribution < -0.4 is 5.32 Å². The summed E-state index contributed by atoms with van der Waals surface area (Å²) in [7, 11) is 0. The fourth-order valence-corrected chi connectivity index (χ4v) is 4.59. The quantitative estimate of drug-likeness (QED) is 0.797. The third-order valence-corrected chi connectivity index (χ3v) is 6.05. The highest BCUT2D eigenvalue weighted by molar-refractivity contribution is 5.85. The van der Waals surface area contributed by atoms with E-state index in [1.807, 2.05) is 0 Å². The second kappa shape index (κ2) is 10.8. The first-order chi connectivity index (χ1) is 10.7. The number of nitrogens with one attached hydrogen (secondary N) is 1.